The largest absolute Gasteiger partial charge is 0.481 e. The second kappa shape index (κ2) is 4.45. The number of nitrogens with zero attached hydrogens (tertiary/aromatic N) is 1. The number of aliphatic carboxylic acids is 1. The molecule has 72 valence electrons. The van der Waals surface area contributed by atoms with Crippen molar-refractivity contribution in [1.82, 2.24) is 0 Å². The summed E-state index contributed by atoms with van der Waals surface area (Å²) in [6, 6.07) is 4.92. The van der Waals surface area contributed by atoms with Gasteiger partial charge in [-0.2, -0.15) is 5.26 Å². The second-order valence-electron chi connectivity index (χ2n) is 2.61. The zero-order valence-corrected chi connectivity index (χ0v) is 9.26. The van der Waals surface area contributed by atoms with Gasteiger partial charge < -0.3 is 5.11 Å². The van der Waals surface area contributed by atoms with Crippen molar-refractivity contribution in [2.75, 3.05) is 0 Å². The number of halogens is 2. The minimum Gasteiger partial charge on any atom is -0.481 e. The number of nitriles is 1. The maximum atomic E-state index is 10.5. The van der Waals surface area contributed by atoms with Crippen LogP contribution in [0.15, 0.2) is 16.6 Å². The van der Waals surface area contributed by atoms with Gasteiger partial charge in [-0.15, -0.1) is 0 Å². The zero-order chi connectivity index (χ0) is 10.7. The van der Waals surface area contributed by atoms with Crippen molar-refractivity contribution in [3.05, 3.63) is 32.8 Å². The van der Waals surface area contributed by atoms with Crippen LogP contribution in [0.2, 0.25) is 5.02 Å². The number of carboxylic acid groups (broad SMARTS) is 1. The Morgan fingerprint density at radius 2 is 2.29 bits per heavy atom. The Kier molecular flexibility index (Phi) is 3.50. The number of rotatable bonds is 2. The molecule has 5 heteroatoms. The first-order chi connectivity index (χ1) is 6.54. The van der Waals surface area contributed by atoms with Gasteiger partial charge in [-0.25, -0.2) is 0 Å². The van der Waals surface area contributed by atoms with E-state index in [9.17, 15) is 4.79 Å². The van der Waals surface area contributed by atoms with Crippen LogP contribution < -0.4 is 0 Å². The first kappa shape index (κ1) is 11.0. The molecule has 0 spiro atoms. The highest BCUT2D eigenvalue weighted by Crippen LogP contribution is 2.26. The molecule has 0 unspecified atom stereocenters. The second-order valence-corrected chi connectivity index (χ2v) is 3.87. The van der Waals surface area contributed by atoms with Gasteiger partial charge in [0.05, 0.1) is 23.1 Å². The lowest BCUT2D eigenvalue weighted by Gasteiger charge is -2.03. The minimum absolute atomic E-state index is 0.199. The van der Waals surface area contributed by atoms with Crippen molar-refractivity contribution in [2.45, 2.75) is 6.42 Å². The molecule has 1 rings (SSSR count). The molecule has 0 bridgehead atoms. The highest BCUT2D eigenvalue weighted by molar-refractivity contribution is 9.10. The molecule has 3 nitrogen and oxygen atoms in total. The molecular formula is C9H5BrClNO2. The highest BCUT2D eigenvalue weighted by Gasteiger charge is 2.09. The Bertz CT molecular complexity index is 426. The molecule has 0 aliphatic carbocycles. The Balaban J connectivity index is 3.22. The van der Waals surface area contributed by atoms with Crippen LogP contribution in [0.3, 0.4) is 0 Å². The molecule has 1 N–H and O–H groups in total. The van der Waals surface area contributed by atoms with Crippen LogP contribution in [-0.2, 0) is 11.2 Å². The van der Waals surface area contributed by atoms with Gasteiger partial charge in [0.2, 0.25) is 0 Å². The summed E-state index contributed by atoms with van der Waals surface area (Å²) >= 11 is 8.93. The van der Waals surface area contributed by atoms with Crippen LogP contribution in [0, 0.1) is 11.3 Å². The number of carboxylic acids is 1. The van der Waals surface area contributed by atoms with Crippen LogP contribution in [0.5, 0.6) is 0 Å². The van der Waals surface area contributed by atoms with E-state index in [0.717, 1.165) is 0 Å². The molecule has 0 amide bonds. The van der Waals surface area contributed by atoms with E-state index in [-0.39, 0.29) is 6.42 Å². The van der Waals surface area contributed by atoms with Gasteiger partial charge in [-0.1, -0.05) is 11.6 Å². The molecule has 0 atom stereocenters. The highest BCUT2D eigenvalue weighted by atomic mass is 79.9. The predicted octanol–water partition coefficient (Wildman–Crippen LogP) is 2.60. The van der Waals surface area contributed by atoms with Crippen molar-refractivity contribution in [3.8, 4) is 6.07 Å². The van der Waals surface area contributed by atoms with E-state index in [1.165, 1.54) is 12.1 Å². The van der Waals surface area contributed by atoms with Crippen LogP contribution in [0.25, 0.3) is 0 Å². The lowest BCUT2D eigenvalue weighted by Crippen LogP contribution is -2.02. The third kappa shape index (κ3) is 2.47. The fraction of sp³-hybridized carbons (Fsp3) is 0.111. The average molecular weight is 275 g/mol. The molecule has 14 heavy (non-hydrogen) atoms. The number of benzene rings is 1. The number of hydrogen-bond acceptors (Lipinski definition) is 2. The summed E-state index contributed by atoms with van der Waals surface area (Å²) in [4.78, 5) is 10.5. The SMILES string of the molecule is N#Cc1cc(Br)c(Cl)cc1CC(=O)O. The quantitative estimate of drug-likeness (QED) is 0.901. The number of hydrogen-bond donors (Lipinski definition) is 1. The normalized spacial score (nSPS) is 9.50. The predicted molar refractivity (Wildman–Crippen MR) is 55.2 cm³/mol. The maximum Gasteiger partial charge on any atom is 0.307 e. The first-order valence-corrected chi connectivity index (χ1v) is 4.81. The summed E-state index contributed by atoms with van der Waals surface area (Å²) in [5.74, 6) is -0.986. The molecule has 0 aliphatic rings. The Hall–Kier alpha value is -1.05. The molecule has 0 aromatic heterocycles. The third-order valence-electron chi connectivity index (χ3n) is 1.61. The van der Waals surface area contributed by atoms with E-state index in [2.05, 4.69) is 15.9 Å². The lowest BCUT2D eigenvalue weighted by atomic mass is 10.1. The van der Waals surface area contributed by atoms with Crippen LogP contribution >= 0.6 is 27.5 Å². The van der Waals surface area contributed by atoms with Gasteiger partial charge in [0.25, 0.3) is 0 Å². The molecule has 0 heterocycles. The Morgan fingerprint density at radius 1 is 1.64 bits per heavy atom. The Labute approximate surface area is 94.0 Å². The van der Waals surface area contributed by atoms with Crippen molar-refractivity contribution in [2.24, 2.45) is 0 Å². The zero-order valence-electron chi connectivity index (χ0n) is 6.92. The van der Waals surface area contributed by atoms with E-state index in [1.807, 2.05) is 6.07 Å². The molecule has 0 radical (unpaired) electrons. The van der Waals surface area contributed by atoms with Gasteiger partial charge in [-0.3, -0.25) is 4.79 Å². The molecular weight excluding hydrogens is 269 g/mol. The van der Waals surface area contributed by atoms with E-state index < -0.39 is 5.97 Å². The molecule has 1 aromatic carbocycles. The summed E-state index contributed by atoms with van der Waals surface area (Å²) in [6.07, 6.45) is -0.199. The summed E-state index contributed by atoms with van der Waals surface area (Å²) in [5, 5.41) is 17.7. The van der Waals surface area contributed by atoms with Gasteiger partial charge in [-0.05, 0) is 33.6 Å². The van der Waals surface area contributed by atoms with Gasteiger partial charge >= 0.3 is 5.97 Å². The lowest BCUT2D eigenvalue weighted by molar-refractivity contribution is -0.136. The van der Waals surface area contributed by atoms with Gasteiger partial charge in [0.1, 0.15) is 0 Å². The van der Waals surface area contributed by atoms with E-state index >= 15 is 0 Å². The number of carbonyl (C=O) groups is 1. The Morgan fingerprint density at radius 3 is 2.79 bits per heavy atom. The van der Waals surface area contributed by atoms with Crippen molar-refractivity contribution in [3.63, 3.8) is 0 Å². The molecule has 0 saturated heterocycles. The van der Waals surface area contributed by atoms with Crippen LogP contribution in [0.4, 0.5) is 0 Å². The van der Waals surface area contributed by atoms with Crippen molar-refractivity contribution >= 4 is 33.5 Å². The summed E-state index contributed by atoms with van der Waals surface area (Å²) in [5.41, 5.74) is 0.747. The molecule has 1 aromatic rings. The fourth-order valence-electron chi connectivity index (χ4n) is 1.00. The third-order valence-corrected chi connectivity index (χ3v) is 2.81. The molecule has 0 saturated carbocycles. The topological polar surface area (TPSA) is 61.1 Å². The van der Waals surface area contributed by atoms with Crippen molar-refractivity contribution < 1.29 is 9.90 Å². The molecule has 0 aliphatic heterocycles. The fourth-order valence-corrected chi connectivity index (χ4v) is 1.53. The minimum atomic E-state index is -0.986. The summed E-state index contributed by atoms with van der Waals surface area (Å²) < 4.78 is 0.588. The smallest absolute Gasteiger partial charge is 0.307 e. The summed E-state index contributed by atoms with van der Waals surface area (Å²) in [7, 11) is 0. The van der Waals surface area contributed by atoms with Crippen LogP contribution in [0.1, 0.15) is 11.1 Å². The van der Waals surface area contributed by atoms with Gasteiger partial charge in [0, 0.05) is 4.47 Å². The van der Waals surface area contributed by atoms with Crippen LogP contribution in [-0.4, -0.2) is 11.1 Å². The van der Waals surface area contributed by atoms with E-state index in [1.54, 1.807) is 0 Å². The first-order valence-electron chi connectivity index (χ1n) is 3.64. The standard InChI is InChI=1S/C9H5BrClNO2/c10-7-1-6(4-12)5(2-8(7)11)3-9(13)14/h1-2H,3H2,(H,13,14). The molecule has 0 fully saturated rings. The van der Waals surface area contributed by atoms with E-state index in [4.69, 9.17) is 22.0 Å². The maximum absolute atomic E-state index is 10.5. The van der Waals surface area contributed by atoms with Gasteiger partial charge in [0.15, 0.2) is 0 Å². The monoisotopic (exact) mass is 273 g/mol. The van der Waals surface area contributed by atoms with Crippen molar-refractivity contribution in [1.29, 1.82) is 5.26 Å². The average Bonchev–Trinajstić information content (AvgIpc) is 2.10. The summed E-state index contributed by atoms with van der Waals surface area (Å²) in [6.45, 7) is 0. The van der Waals surface area contributed by atoms with E-state index in [0.29, 0.717) is 20.6 Å².